The molecular weight excluding hydrogens is 434 g/mol. The van der Waals surface area contributed by atoms with Gasteiger partial charge in [-0.25, -0.2) is 4.79 Å². The molecule has 0 saturated carbocycles. The fourth-order valence-corrected chi connectivity index (χ4v) is 3.84. The number of urea groups is 1. The molecule has 0 aliphatic carbocycles. The lowest BCUT2D eigenvalue weighted by molar-refractivity contribution is 0.207. The van der Waals surface area contributed by atoms with Gasteiger partial charge in [-0.1, -0.05) is 6.07 Å². The van der Waals surface area contributed by atoms with Crippen molar-refractivity contribution in [2.75, 3.05) is 57.2 Å². The zero-order valence-electron chi connectivity index (χ0n) is 19.7. The summed E-state index contributed by atoms with van der Waals surface area (Å²) in [6.07, 6.45) is 0. The molecule has 9 nitrogen and oxygen atoms in total. The molecule has 2 aromatic carbocycles. The molecule has 2 heterocycles. The summed E-state index contributed by atoms with van der Waals surface area (Å²) < 4.78 is 16.2. The van der Waals surface area contributed by atoms with E-state index < -0.39 is 0 Å². The molecule has 0 atom stereocenters. The standard InChI is InChI=1S/C25H29N5O4/c1-4-34-19-10-8-18(9-11-19)20-12-13-23(28-27-20)29-14-16-30(17-15-29)25(31)26-24-21(32-2)6-5-7-22(24)33-3/h5-13H,4,14-17H2,1-3H3,(H,26,31). The largest absolute Gasteiger partial charge is 0.494 e. The lowest BCUT2D eigenvalue weighted by Gasteiger charge is -2.35. The van der Waals surface area contributed by atoms with Crippen molar-refractivity contribution < 1.29 is 19.0 Å². The number of hydrogen-bond donors (Lipinski definition) is 1. The summed E-state index contributed by atoms with van der Waals surface area (Å²) in [7, 11) is 3.12. The van der Waals surface area contributed by atoms with Gasteiger partial charge in [-0.3, -0.25) is 0 Å². The highest BCUT2D eigenvalue weighted by molar-refractivity contribution is 5.93. The van der Waals surface area contributed by atoms with Crippen LogP contribution in [-0.2, 0) is 0 Å². The van der Waals surface area contributed by atoms with Gasteiger partial charge in [0.1, 0.15) is 22.9 Å². The van der Waals surface area contributed by atoms with Crippen molar-refractivity contribution in [3.05, 3.63) is 54.6 Å². The van der Waals surface area contributed by atoms with Gasteiger partial charge in [0.25, 0.3) is 0 Å². The summed E-state index contributed by atoms with van der Waals surface area (Å²) in [5, 5.41) is 11.7. The molecule has 0 spiro atoms. The Labute approximate surface area is 199 Å². The van der Waals surface area contributed by atoms with Crippen LogP contribution in [0.2, 0.25) is 0 Å². The molecule has 1 aliphatic heterocycles. The van der Waals surface area contributed by atoms with E-state index in [2.05, 4.69) is 20.4 Å². The zero-order chi connectivity index (χ0) is 23.9. The van der Waals surface area contributed by atoms with E-state index >= 15 is 0 Å². The second kappa shape index (κ2) is 10.7. The highest BCUT2D eigenvalue weighted by atomic mass is 16.5. The van der Waals surface area contributed by atoms with Gasteiger partial charge in [-0.05, 0) is 55.5 Å². The first-order valence-corrected chi connectivity index (χ1v) is 11.2. The van der Waals surface area contributed by atoms with Crippen LogP contribution in [0.3, 0.4) is 0 Å². The molecule has 1 aliphatic rings. The smallest absolute Gasteiger partial charge is 0.322 e. The molecule has 4 rings (SSSR count). The molecule has 9 heteroatoms. The number of methoxy groups -OCH3 is 2. The Morgan fingerprint density at radius 2 is 1.59 bits per heavy atom. The SMILES string of the molecule is CCOc1ccc(-c2ccc(N3CCN(C(=O)Nc4c(OC)cccc4OC)CC3)nn2)cc1. The number of ether oxygens (including phenoxy) is 3. The molecule has 34 heavy (non-hydrogen) atoms. The third kappa shape index (κ3) is 5.14. The van der Waals surface area contributed by atoms with Crippen LogP contribution in [0.25, 0.3) is 11.3 Å². The van der Waals surface area contributed by atoms with Crippen molar-refractivity contribution in [3.63, 3.8) is 0 Å². The Balaban J connectivity index is 1.35. The maximum atomic E-state index is 12.9. The average Bonchev–Trinajstić information content (AvgIpc) is 2.89. The molecule has 0 radical (unpaired) electrons. The number of nitrogens with zero attached hydrogens (tertiary/aromatic N) is 4. The number of nitrogens with one attached hydrogen (secondary N) is 1. The van der Waals surface area contributed by atoms with Gasteiger partial charge in [-0.15, -0.1) is 10.2 Å². The second-order valence-electron chi connectivity index (χ2n) is 7.68. The molecule has 2 amide bonds. The van der Waals surface area contributed by atoms with Crippen molar-refractivity contribution >= 4 is 17.5 Å². The third-order valence-electron chi connectivity index (χ3n) is 5.66. The van der Waals surface area contributed by atoms with Crippen molar-refractivity contribution in [1.82, 2.24) is 15.1 Å². The Morgan fingerprint density at radius 1 is 0.912 bits per heavy atom. The second-order valence-corrected chi connectivity index (χ2v) is 7.68. The summed E-state index contributed by atoms with van der Waals surface area (Å²) >= 11 is 0. The van der Waals surface area contributed by atoms with Gasteiger partial charge in [0, 0.05) is 31.7 Å². The van der Waals surface area contributed by atoms with E-state index in [1.807, 2.05) is 49.4 Å². The van der Waals surface area contributed by atoms with Gasteiger partial charge in [0.15, 0.2) is 5.82 Å². The third-order valence-corrected chi connectivity index (χ3v) is 5.66. The molecule has 1 N–H and O–H groups in total. The van der Waals surface area contributed by atoms with Crippen LogP contribution < -0.4 is 24.4 Å². The first-order chi connectivity index (χ1) is 16.6. The first kappa shape index (κ1) is 23.2. The van der Waals surface area contributed by atoms with Crippen molar-refractivity contribution in [2.45, 2.75) is 6.92 Å². The highest BCUT2D eigenvalue weighted by Crippen LogP contribution is 2.34. The van der Waals surface area contributed by atoms with Crippen LogP contribution in [0.5, 0.6) is 17.2 Å². The minimum atomic E-state index is -0.195. The number of carbonyl (C=O) groups is 1. The summed E-state index contributed by atoms with van der Waals surface area (Å²) in [5.74, 6) is 2.73. The number of aromatic nitrogens is 2. The molecule has 0 unspecified atom stereocenters. The number of para-hydroxylation sites is 1. The number of piperazine rings is 1. The number of amides is 2. The highest BCUT2D eigenvalue weighted by Gasteiger charge is 2.24. The molecular formula is C25H29N5O4. The van der Waals surface area contributed by atoms with Crippen molar-refractivity contribution in [3.8, 4) is 28.5 Å². The number of anilines is 2. The summed E-state index contributed by atoms with van der Waals surface area (Å²) in [4.78, 5) is 16.8. The number of carbonyl (C=O) groups excluding carboxylic acids is 1. The molecule has 0 bridgehead atoms. The maximum absolute atomic E-state index is 12.9. The maximum Gasteiger partial charge on any atom is 0.322 e. The predicted molar refractivity (Wildman–Crippen MR) is 131 cm³/mol. The molecule has 3 aromatic rings. The van der Waals surface area contributed by atoms with Crippen LogP contribution in [0.1, 0.15) is 6.92 Å². The van der Waals surface area contributed by atoms with Crippen molar-refractivity contribution in [2.24, 2.45) is 0 Å². The fourth-order valence-electron chi connectivity index (χ4n) is 3.84. The normalized spacial score (nSPS) is 13.4. The van der Waals surface area contributed by atoms with Crippen LogP contribution in [0, 0.1) is 0 Å². The van der Waals surface area contributed by atoms with E-state index in [-0.39, 0.29) is 6.03 Å². The lowest BCUT2D eigenvalue weighted by atomic mass is 10.1. The van der Waals surface area contributed by atoms with Gasteiger partial charge in [0.05, 0.1) is 26.5 Å². The monoisotopic (exact) mass is 463 g/mol. The summed E-state index contributed by atoms with van der Waals surface area (Å²) in [6, 6.07) is 16.9. The fraction of sp³-hybridized carbons (Fsp3) is 0.320. The molecule has 1 fully saturated rings. The van der Waals surface area contributed by atoms with E-state index in [0.29, 0.717) is 50.0 Å². The van der Waals surface area contributed by atoms with E-state index in [1.165, 1.54) is 0 Å². The van der Waals surface area contributed by atoms with Gasteiger partial charge in [0.2, 0.25) is 0 Å². The van der Waals surface area contributed by atoms with Gasteiger partial charge in [-0.2, -0.15) is 0 Å². The number of rotatable bonds is 7. The van der Waals surface area contributed by atoms with Crippen molar-refractivity contribution in [1.29, 1.82) is 0 Å². The van der Waals surface area contributed by atoms with Crippen LogP contribution in [0.4, 0.5) is 16.3 Å². The average molecular weight is 464 g/mol. The van der Waals surface area contributed by atoms with E-state index in [4.69, 9.17) is 14.2 Å². The topological polar surface area (TPSA) is 89.1 Å². The lowest BCUT2D eigenvalue weighted by Crippen LogP contribution is -2.50. The van der Waals surface area contributed by atoms with E-state index in [0.717, 1.165) is 22.8 Å². The Bertz CT molecular complexity index is 1080. The Hall–Kier alpha value is -4.01. The minimum Gasteiger partial charge on any atom is -0.494 e. The Kier molecular flexibility index (Phi) is 7.31. The Morgan fingerprint density at radius 3 is 2.15 bits per heavy atom. The minimum absolute atomic E-state index is 0.195. The van der Waals surface area contributed by atoms with E-state index in [9.17, 15) is 4.79 Å². The predicted octanol–water partition coefficient (Wildman–Crippen LogP) is 3.91. The van der Waals surface area contributed by atoms with Gasteiger partial charge >= 0.3 is 6.03 Å². The molecule has 1 saturated heterocycles. The summed E-state index contributed by atoms with van der Waals surface area (Å²) in [6.45, 7) is 5.04. The van der Waals surface area contributed by atoms with Crippen LogP contribution in [0.15, 0.2) is 54.6 Å². The van der Waals surface area contributed by atoms with E-state index in [1.54, 1.807) is 31.3 Å². The quantitative estimate of drug-likeness (QED) is 0.568. The van der Waals surface area contributed by atoms with Crippen LogP contribution >= 0.6 is 0 Å². The van der Waals surface area contributed by atoms with Crippen LogP contribution in [-0.4, -0.2) is 68.1 Å². The van der Waals surface area contributed by atoms with Gasteiger partial charge < -0.3 is 29.3 Å². The number of hydrogen-bond acceptors (Lipinski definition) is 7. The first-order valence-electron chi connectivity index (χ1n) is 11.2. The zero-order valence-corrected chi connectivity index (χ0v) is 19.7. The molecule has 178 valence electrons. The molecule has 1 aromatic heterocycles. The summed E-state index contributed by atoms with van der Waals surface area (Å²) in [5.41, 5.74) is 2.31. The number of benzene rings is 2.